The van der Waals surface area contributed by atoms with Crippen LogP contribution >= 0.6 is 0 Å². The van der Waals surface area contributed by atoms with E-state index in [2.05, 4.69) is 32.7 Å². The number of nitrogens with zero attached hydrogens (tertiary/aromatic N) is 2. The van der Waals surface area contributed by atoms with E-state index in [0.717, 1.165) is 12.0 Å². The Morgan fingerprint density at radius 3 is 2.05 bits per heavy atom. The van der Waals surface area contributed by atoms with Gasteiger partial charge in [0.25, 0.3) is 0 Å². The van der Waals surface area contributed by atoms with Crippen molar-refractivity contribution in [2.45, 2.75) is 44.2 Å². The largest absolute Gasteiger partial charge is 0.298 e. The van der Waals surface area contributed by atoms with Gasteiger partial charge < -0.3 is 0 Å². The molecule has 0 aromatic heterocycles. The van der Waals surface area contributed by atoms with E-state index >= 15 is 0 Å². The molecule has 5 heteroatoms. The molecule has 1 fully saturated rings. The highest BCUT2D eigenvalue weighted by molar-refractivity contribution is 7.89. The van der Waals surface area contributed by atoms with Gasteiger partial charge in [-0.05, 0) is 45.0 Å². The number of piperazine rings is 1. The van der Waals surface area contributed by atoms with Crippen molar-refractivity contribution >= 4 is 10.0 Å². The Morgan fingerprint density at radius 1 is 1.10 bits per heavy atom. The molecule has 1 saturated heterocycles. The number of hydrogen-bond acceptors (Lipinski definition) is 3. The highest BCUT2D eigenvalue weighted by atomic mass is 32.2. The van der Waals surface area contributed by atoms with Gasteiger partial charge in [0.1, 0.15) is 0 Å². The standard InChI is InChI=1S/C15H24N2O2S/c1-5-14-6-8-15(9-7-14)20(18,19)17-10-12(2)16(4)13(3)11-17/h6-9,12-13H,5,10-11H2,1-4H3. The molecule has 2 rings (SSSR count). The molecular weight excluding hydrogens is 272 g/mol. The monoisotopic (exact) mass is 296 g/mol. The Kier molecular flexibility index (Phi) is 4.52. The van der Waals surface area contributed by atoms with Gasteiger partial charge in [-0.2, -0.15) is 4.31 Å². The van der Waals surface area contributed by atoms with E-state index in [4.69, 9.17) is 0 Å². The number of aryl methyl sites for hydroxylation is 1. The maximum Gasteiger partial charge on any atom is 0.243 e. The van der Waals surface area contributed by atoms with E-state index in [0.29, 0.717) is 18.0 Å². The zero-order valence-electron chi connectivity index (χ0n) is 12.7. The van der Waals surface area contributed by atoms with Crippen molar-refractivity contribution in [3.8, 4) is 0 Å². The topological polar surface area (TPSA) is 40.6 Å². The van der Waals surface area contributed by atoms with Crippen molar-refractivity contribution < 1.29 is 8.42 Å². The number of hydrogen-bond donors (Lipinski definition) is 0. The third-order valence-corrected chi connectivity index (χ3v) is 6.14. The van der Waals surface area contributed by atoms with Crippen molar-refractivity contribution in [3.05, 3.63) is 29.8 Å². The first kappa shape index (κ1) is 15.5. The van der Waals surface area contributed by atoms with Gasteiger partial charge >= 0.3 is 0 Å². The van der Waals surface area contributed by atoms with Crippen LogP contribution in [0.2, 0.25) is 0 Å². The van der Waals surface area contributed by atoms with Crippen molar-refractivity contribution in [3.63, 3.8) is 0 Å². The predicted molar refractivity (Wildman–Crippen MR) is 81.3 cm³/mol. The maximum absolute atomic E-state index is 12.7. The fraction of sp³-hybridized carbons (Fsp3) is 0.600. The molecule has 0 saturated carbocycles. The summed E-state index contributed by atoms with van der Waals surface area (Å²) in [6.45, 7) is 7.31. The van der Waals surface area contributed by atoms with Gasteiger partial charge in [0.15, 0.2) is 0 Å². The third-order valence-electron chi connectivity index (χ3n) is 4.30. The summed E-state index contributed by atoms with van der Waals surface area (Å²) in [7, 11) is -1.32. The van der Waals surface area contributed by atoms with Gasteiger partial charge in [-0.1, -0.05) is 19.1 Å². The first-order valence-corrected chi connectivity index (χ1v) is 8.61. The molecule has 112 valence electrons. The fourth-order valence-electron chi connectivity index (χ4n) is 2.60. The molecule has 20 heavy (non-hydrogen) atoms. The number of sulfonamides is 1. The molecule has 0 bridgehead atoms. The Balaban J connectivity index is 2.25. The van der Waals surface area contributed by atoms with Gasteiger partial charge in [-0.25, -0.2) is 8.42 Å². The molecule has 1 aromatic carbocycles. The lowest BCUT2D eigenvalue weighted by atomic mass is 10.1. The molecule has 0 N–H and O–H groups in total. The summed E-state index contributed by atoms with van der Waals surface area (Å²) in [6.07, 6.45) is 0.920. The molecule has 1 aliphatic rings. The summed E-state index contributed by atoms with van der Waals surface area (Å²) in [6, 6.07) is 7.72. The van der Waals surface area contributed by atoms with Crippen LogP contribution < -0.4 is 0 Å². The van der Waals surface area contributed by atoms with Crippen LogP contribution in [0.3, 0.4) is 0 Å². The van der Waals surface area contributed by atoms with Gasteiger partial charge in [0.05, 0.1) is 4.90 Å². The molecule has 0 aliphatic carbocycles. The summed E-state index contributed by atoms with van der Waals surface area (Å²) in [4.78, 5) is 2.63. The summed E-state index contributed by atoms with van der Waals surface area (Å²) in [5.41, 5.74) is 1.16. The second-order valence-electron chi connectivity index (χ2n) is 5.68. The lowest BCUT2D eigenvalue weighted by Gasteiger charge is -2.41. The van der Waals surface area contributed by atoms with Gasteiger partial charge in [0, 0.05) is 25.2 Å². The van der Waals surface area contributed by atoms with Crippen LogP contribution in [0.1, 0.15) is 26.3 Å². The average Bonchev–Trinajstić information content (AvgIpc) is 2.44. The van der Waals surface area contributed by atoms with Crippen LogP contribution in [-0.4, -0.2) is 49.8 Å². The first-order valence-electron chi connectivity index (χ1n) is 7.17. The molecule has 1 heterocycles. The number of rotatable bonds is 3. The van der Waals surface area contributed by atoms with Crippen molar-refractivity contribution in [1.29, 1.82) is 0 Å². The quantitative estimate of drug-likeness (QED) is 0.856. The van der Waals surface area contributed by atoms with E-state index in [1.165, 1.54) is 0 Å². The van der Waals surface area contributed by atoms with Crippen molar-refractivity contribution in [2.24, 2.45) is 0 Å². The molecule has 4 nitrogen and oxygen atoms in total. The van der Waals surface area contributed by atoms with E-state index in [1.807, 2.05) is 12.1 Å². The molecule has 0 spiro atoms. The second kappa shape index (κ2) is 5.84. The summed E-state index contributed by atoms with van der Waals surface area (Å²) in [5.74, 6) is 0. The molecule has 2 atom stereocenters. The third kappa shape index (κ3) is 2.90. The van der Waals surface area contributed by atoms with Gasteiger partial charge in [-0.3, -0.25) is 4.90 Å². The minimum absolute atomic E-state index is 0.239. The first-order chi connectivity index (χ1) is 9.36. The fourth-order valence-corrected chi connectivity index (χ4v) is 4.20. The van der Waals surface area contributed by atoms with E-state index in [9.17, 15) is 8.42 Å². The van der Waals surface area contributed by atoms with Crippen LogP contribution in [0.15, 0.2) is 29.2 Å². The Hall–Kier alpha value is -0.910. The van der Waals surface area contributed by atoms with E-state index in [-0.39, 0.29) is 12.1 Å². The highest BCUT2D eigenvalue weighted by Crippen LogP contribution is 2.22. The lowest BCUT2D eigenvalue weighted by molar-refractivity contribution is 0.105. The predicted octanol–water partition coefficient (Wildman–Crippen LogP) is 1.96. The van der Waals surface area contributed by atoms with Crippen LogP contribution in [0, 0.1) is 0 Å². The number of likely N-dealkylation sites (N-methyl/N-ethyl adjacent to an activating group) is 1. The molecule has 0 amide bonds. The molecule has 0 radical (unpaired) electrons. The Bertz CT molecular complexity index is 542. The highest BCUT2D eigenvalue weighted by Gasteiger charge is 2.34. The zero-order valence-corrected chi connectivity index (χ0v) is 13.5. The van der Waals surface area contributed by atoms with E-state index < -0.39 is 10.0 Å². The summed E-state index contributed by atoms with van der Waals surface area (Å²) >= 11 is 0. The average molecular weight is 296 g/mol. The minimum Gasteiger partial charge on any atom is -0.298 e. The van der Waals surface area contributed by atoms with Crippen LogP contribution in [0.5, 0.6) is 0 Å². The van der Waals surface area contributed by atoms with Crippen LogP contribution in [0.4, 0.5) is 0 Å². The number of benzene rings is 1. The second-order valence-corrected chi connectivity index (χ2v) is 7.62. The van der Waals surface area contributed by atoms with Gasteiger partial charge in [0.2, 0.25) is 10.0 Å². The normalized spacial score (nSPS) is 25.8. The molecule has 1 aliphatic heterocycles. The Labute approximate surface area is 122 Å². The van der Waals surface area contributed by atoms with Crippen molar-refractivity contribution in [2.75, 3.05) is 20.1 Å². The lowest BCUT2D eigenvalue weighted by Crippen LogP contribution is -2.56. The minimum atomic E-state index is -3.37. The Morgan fingerprint density at radius 2 is 1.60 bits per heavy atom. The summed E-state index contributed by atoms with van der Waals surface area (Å²) in [5, 5.41) is 0. The van der Waals surface area contributed by atoms with Crippen LogP contribution in [-0.2, 0) is 16.4 Å². The molecular formula is C15H24N2O2S. The summed E-state index contributed by atoms with van der Waals surface area (Å²) < 4.78 is 27.0. The maximum atomic E-state index is 12.7. The SMILES string of the molecule is CCc1ccc(S(=O)(=O)N2CC(C)N(C)C(C)C2)cc1. The molecule has 1 aromatic rings. The zero-order chi connectivity index (χ0) is 14.9. The van der Waals surface area contributed by atoms with Gasteiger partial charge in [-0.15, -0.1) is 0 Å². The van der Waals surface area contributed by atoms with Crippen molar-refractivity contribution in [1.82, 2.24) is 9.21 Å². The van der Waals surface area contributed by atoms with Crippen LogP contribution in [0.25, 0.3) is 0 Å². The van der Waals surface area contributed by atoms with E-state index in [1.54, 1.807) is 16.4 Å². The molecule has 2 unspecified atom stereocenters. The smallest absolute Gasteiger partial charge is 0.243 e.